The van der Waals surface area contributed by atoms with Crippen LogP contribution in [0, 0.1) is 0 Å². The molecule has 0 aliphatic carbocycles. The summed E-state index contributed by atoms with van der Waals surface area (Å²) in [6.07, 6.45) is -2.38. The molecule has 1 saturated heterocycles. The standard InChI is InChI=1S/C45H44GeO5/c1-47-45-43(50-34-37-24-12-4-13-25-37)41(48-32-35-20-8-2-9-21-35)42(49-33-36-22-10-3-11-23-36)44(51-45)46(38-26-14-5-15-27-38,39-28-16-6-17-29-39)40-30-18-7-19-31-40/h2-31,41-45H,32-34H2,1H3/t41-,42-,43+,44-,45-/m0/s1. The van der Waals surface area contributed by atoms with E-state index in [9.17, 15) is 0 Å². The quantitative estimate of drug-likeness (QED) is 0.115. The summed E-state index contributed by atoms with van der Waals surface area (Å²) in [7, 11) is 1.70. The van der Waals surface area contributed by atoms with Gasteiger partial charge in [-0.15, -0.1) is 0 Å². The molecule has 0 bridgehead atoms. The zero-order chi connectivity index (χ0) is 34.7. The van der Waals surface area contributed by atoms with E-state index in [4.69, 9.17) is 23.7 Å². The van der Waals surface area contributed by atoms with Crippen LogP contribution < -0.4 is 13.2 Å². The van der Waals surface area contributed by atoms with Gasteiger partial charge in [0, 0.05) is 0 Å². The number of methoxy groups -OCH3 is 1. The molecule has 6 heteroatoms. The summed E-state index contributed by atoms with van der Waals surface area (Å²) in [6.45, 7) is 1.14. The first-order chi connectivity index (χ1) is 25.3. The van der Waals surface area contributed by atoms with Crippen molar-refractivity contribution >= 4 is 26.5 Å². The molecule has 1 aliphatic rings. The molecule has 6 aromatic rings. The van der Waals surface area contributed by atoms with Crippen LogP contribution in [-0.4, -0.2) is 49.9 Å². The molecule has 0 saturated carbocycles. The molecule has 7 rings (SSSR count). The summed E-state index contributed by atoms with van der Waals surface area (Å²) in [5.41, 5.74) is 3.20. The van der Waals surface area contributed by atoms with Crippen LogP contribution in [0.3, 0.4) is 0 Å². The Bertz CT molecular complexity index is 1780. The van der Waals surface area contributed by atoms with E-state index in [1.54, 1.807) is 7.11 Å². The third-order valence-electron chi connectivity index (χ3n) is 9.70. The van der Waals surface area contributed by atoms with Gasteiger partial charge in [0.1, 0.15) is 0 Å². The van der Waals surface area contributed by atoms with E-state index in [0.29, 0.717) is 19.8 Å². The predicted molar refractivity (Wildman–Crippen MR) is 205 cm³/mol. The Kier molecular flexibility index (Phi) is 11.9. The second kappa shape index (κ2) is 17.3. The van der Waals surface area contributed by atoms with Crippen molar-refractivity contribution in [2.45, 2.75) is 49.4 Å². The Labute approximate surface area is 304 Å². The van der Waals surface area contributed by atoms with Gasteiger partial charge in [0.05, 0.1) is 0 Å². The fourth-order valence-corrected chi connectivity index (χ4v) is 18.3. The van der Waals surface area contributed by atoms with Crippen LogP contribution in [0.4, 0.5) is 0 Å². The van der Waals surface area contributed by atoms with Crippen LogP contribution in [0.2, 0.25) is 0 Å². The van der Waals surface area contributed by atoms with Crippen LogP contribution in [0.15, 0.2) is 182 Å². The Morgan fingerprint density at radius 2 is 0.725 bits per heavy atom. The van der Waals surface area contributed by atoms with Crippen molar-refractivity contribution in [3.05, 3.63) is 199 Å². The molecule has 6 aromatic carbocycles. The Balaban J connectivity index is 1.41. The van der Waals surface area contributed by atoms with E-state index in [2.05, 4.69) is 127 Å². The van der Waals surface area contributed by atoms with Gasteiger partial charge in [-0.25, -0.2) is 0 Å². The van der Waals surface area contributed by atoms with Gasteiger partial charge < -0.3 is 0 Å². The molecule has 1 fully saturated rings. The minimum absolute atomic E-state index is 0.374. The predicted octanol–water partition coefficient (Wildman–Crippen LogP) is 6.82. The number of hydrogen-bond acceptors (Lipinski definition) is 5. The van der Waals surface area contributed by atoms with Crippen molar-refractivity contribution in [2.75, 3.05) is 7.11 Å². The van der Waals surface area contributed by atoms with E-state index in [-0.39, 0.29) is 0 Å². The number of benzene rings is 6. The van der Waals surface area contributed by atoms with Gasteiger partial charge in [0.25, 0.3) is 0 Å². The topological polar surface area (TPSA) is 46.2 Å². The van der Waals surface area contributed by atoms with E-state index in [1.165, 1.54) is 13.2 Å². The summed E-state index contributed by atoms with van der Waals surface area (Å²) in [4.78, 5) is -0.428. The first-order valence-electron chi connectivity index (χ1n) is 17.6. The van der Waals surface area contributed by atoms with Crippen molar-refractivity contribution in [1.29, 1.82) is 0 Å². The molecule has 1 heterocycles. The average Bonchev–Trinajstić information content (AvgIpc) is 3.21. The van der Waals surface area contributed by atoms with Crippen LogP contribution in [-0.2, 0) is 43.5 Å². The molecule has 0 N–H and O–H groups in total. The van der Waals surface area contributed by atoms with Crippen LogP contribution in [0.25, 0.3) is 0 Å². The third kappa shape index (κ3) is 7.95. The summed E-state index contributed by atoms with van der Waals surface area (Å²) >= 11 is -3.91. The molecular formula is C45H44GeO5. The summed E-state index contributed by atoms with van der Waals surface area (Å²) in [5, 5.41) is 0. The molecule has 0 radical (unpaired) electrons. The van der Waals surface area contributed by atoms with Crippen LogP contribution >= 0.6 is 0 Å². The summed E-state index contributed by atoms with van der Waals surface area (Å²) in [6, 6.07) is 63.4. The Morgan fingerprint density at radius 1 is 0.412 bits per heavy atom. The van der Waals surface area contributed by atoms with E-state index < -0.39 is 42.8 Å². The van der Waals surface area contributed by atoms with Gasteiger partial charge in [-0.05, 0) is 0 Å². The molecular weight excluding hydrogens is 693 g/mol. The zero-order valence-electron chi connectivity index (χ0n) is 28.9. The maximum atomic E-state index is 7.38. The van der Waals surface area contributed by atoms with Gasteiger partial charge in [-0.3, -0.25) is 0 Å². The molecule has 0 amide bonds. The van der Waals surface area contributed by atoms with Gasteiger partial charge in [0.15, 0.2) is 0 Å². The fourth-order valence-electron chi connectivity index (χ4n) is 7.29. The number of rotatable bonds is 14. The van der Waals surface area contributed by atoms with Crippen molar-refractivity contribution < 1.29 is 23.7 Å². The zero-order valence-corrected chi connectivity index (χ0v) is 31.0. The second-order valence-electron chi connectivity index (χ2n) is 12.9. The van der Waals surface area contributed by atoms with E-state index >= 15 is 0 Å². The molecule has 1 aliphatic heterocycles. The summed E-state index contributed by atoms with van der Waals surface area (Å²) in [5.74, 6) is 0. The van der Waals surface area contributed by atoms with Crippen LogP contribution in [0.5, 0.6) is 0 Å². The molecule has 51 heavy (non-hydrogen) atoms. The molecule has 0 spiro atoms. The fraction of sp³-hybridized carbons (Fsp3) is 0.200. The SMILES string of the molecule is CO[C@H]1O[C@H]([Ge]([c]2ccccc2)([c]2ccccc2)[c]2ccccc2)[C@@H](OCc2ccccc2)[C@H](OCc2ccccc2)[C@H]1OCc1ccccc1. The van der Waals surface area contributed by atoms with E-state index in [0.717, 1.165) is 16.7 Å². The number of ether oxygens (including phenoxy) is 5. The third-order valence-corrected chi connectivity index (χ3v) is 20.3. The first-order valence-corrected chi connectivity index (χ1v) is 21.9. The molecule has 0 aromatic heterocycles. The normalized spacial score (nSPS) is 20.5. The van der Waals surface area contributed by atoms with Crippen molar-refractivity contribution in [1.82, 2.24) is 0 Å². The summed E-state index contributed by atoms with van der Waals surface area (Å²) < 4.78 is 38.5. The van der Waals surface area contributed by atoms with Crippen molar-refractivity contribution in [3.63, 3.8) is 0 Å². The van der Waals surface area contributed by atoms with Crippen LogP contribution in [0.1, 0.15) is 16.7 Å². The van der Waals surface area contributed by atoms with Crippen molar-refractivity contribution in [3.8, 4) is 0 Å². The van der Waals surface area contributed by atoms with Gasteiger partial charge in [-0.1, -0.05) is 0 Å². The Hall–Kier alpha value is -4.34. The monoisotopic (exact) mass is 738 g/mol. The Morgan fingerprint density at radius 3 is 1.08 bits per heavy atom. The molecule has 0 unspecified atom stereocenters. The minimum atomic E-state index is -3.91. The van der Waals surface area contributed by atoms with E-state index in [1.807, 2.05) is 54.6 Å². The van der Waals surface area contributed by atoms with Crippen molar-refractivity contribution in [2.24, 2.45) is 0 Å². The van der Waals surface area contributed by atoms with Gasteiger partial charge in [-0.2, -0.15) is 0 Å². The average molecular weight is 737 g/mol. The van der Waals surface area contributed by atoms with Gasteiger partial charge >= 0.3 is 305 Å². The molecule has 5 atom stereocenters. The van der Waals surface area contributed by atoms with Gasteiger partial charge in [0.2, 0.25) is 0 Å². The first kappa shape index (κ1) is 35.1. The maximum absolute atomic E-state index is 7.38. The molecule has 5 nitrogen and oxygen atoms in total. The second-order valence-corrected chi connectivity index (χ2v) is 21.1. The molecule has 258 valence electrons. The number of hydrogen-bond donors (Lipinski definition) is 0.